The van der Waals surface area contributed by atoms with E-state index in [-0.39, 0.29) is 17.5 Å². The summed E-state index contributed by atoms with van der Waals surface area (Å²) in [5.41, 5.74) is -2.55. The van der Waals surface area contributed by atoms with Crippen molar-refractivity contribution in [1.29, 1.82) is 0 Å². The Balaban J connectivity index is 1.81. The van der Waals surface area contributed by atoms with Gasteiger partial charge in [0.15, 0.2) is 11.5 Å². The lowest BCUT2D eigenvalue weighted by Crippen LogP contribution is -2.62. The Morgan fingerprint density at radius 2 is 2.12 bits per heavy atom. The van der Waals surface area contributed by atoms with Crippen LogP contribution in [0.25, 0.3) is 0 Å². The average Bonchev–Trinajstić information content (AvgIpc) is 3.06. The molecule has 1 saturated carbocycles. The first-order valence-electron chi connectivity index (χ1n) is 9.02. The molecule has 5 rings (SSSR count). The molecular formula is C19H21NO6. The third-order valence-electron chi connectivity index (χ3n) is 7.19. The van der Waals surface area contributed by atoms with Crippen LogP contribution in [0, 0.1) is 17.3 Å². The lowest BCUT2D eigenvalue weighted by Gasteiger charge is -2.51. The minimum Gasteiger partial charge on any atom is -0.496 e. The molecule has 2 saturated heterocycles. The molecule has 0 radical (unpaired) electrons. The molecule has 7 heteroatoms. The Kier molecular flexibility index (Phi) is 2.94. The molecule has 0 N–H and O–H groups in total. The predicted octanol–water partition coefficient (Wildman–Crippen LogP) is 1.58. The molecule has 5 atom stereocenters. The molecule has 0 aromatic rings. The standard InChI is InChI=1S/C19H21NO6/c1-24-15-10-13(22)12-4-6-17-5-3-11(21)9-14(17)18(12)7-8-20(16(23)25-2)19(15,18)26-17/h4,6,10,12,14H,3,5,7-9H2,1-2H3/t12-,14-,17-,18+,19+/m1/s1. The van der Waals surface area contributed by atoms with Crippen LogP contribution in [0.5, 0.6) is 0 Å². The zero-order chi connectivity index (χ0) is 18.3. The Bertz CT molecular complexity index is 802. The van der Waals surface area contributed by atoms with Crippen LogP contribution in [0.15, 0.2) is 24.0 Å². The van der Waals surface area contributed by atoms with Crippen molar-refractivity contribution in [3.05, 3.63) is 24.0 Å². The fourth-order valence-corrected chi connectivity index (χ4v) is 6.32. The Morgan fingerprint density at radius 1 is 1.31 bits per heavy atom. The van der Waals surface area contributed by atoms with Gasteiger partial charge in [-0.3, -0.25) is 14.5 Å². The monoisotopic (exact) mass is 359 g/mol. The number of likely N-dealkylation sites (tertiary alicyclic amines) is 1. The van der Waals surface area contributed by atoms with Gasteiger partial charge in [0.1, 0.15) is 5.78 Å². The molecule has 1 amide bonds. The van der Waals surface area contributed by atoms with E-state index in [1.807, 2.05) is 12.2 Å². The fraction of sp³-hybridized carbons (Fsp3) is 0.632. The van der Waals surface area contributed by atoms with Crippen molar-refractivity contribution in [2.45, 2.75) is 37.0 Å². The molecule has 0 aromatic carbocycles. The summed E-state index contributed by atoms with van der Waals surface area (Å²) in [7, 11) is 2.82. The lowest BCUT2D eigenvalue weighted by molar-refractivity contribution is -0.176. The fourth-order valence-electron chi connectivity index (χ4n) is 6.32. The summed E-state index contributed by atoms with van der Waals surface area (Å²) in [4.78, 5) is 39.4. The van der Waals surface area contributed by atoms with Gasteiger partial charge in [-0.25, -0.2) is 4.79 Å². The number of Topliss-reactive ketones (excluding diaryl/α,β-unsaturated/α-hetero) is 1. The third-order valence-corrected chi connectivity index (χ3v) is 7.19. The normalized spacial score (nSPS) is 45.2. The number of allylic oxidation sites excluding steroid dienone is 2. The highest BCUT2D eigenvalue weighted by Gasteiger charge is 2.83. The topological polar surface area (TPSA) is 82.1 Å². The largest absolute Gasteiger partial charge is 0.496 e. The highest BCUT2D eigenvalue weighted by atomic mass is 16.6. The summed E-state index contributed by atoms with van der Waals surface area (Å²) in [6, 6.07) is 0. The van der Waals surface area contributed by atoms with Gasteiger partial charge in [0.2, 0.25) is 5.72 Å². The van der Waals surface area contributed by atoms with Crippen LogP contribution in [0.1, 0.15) is 25.7 Å². The molecule has 3 aliphatic carbocycles. The number of ketones is 2. The van der Waals surface area contributed by atoms with Crippen molar-refractivity contribution < 1.29 is 28.6 Å². The molecule has 3 fully saturated rings. The van der Waals surface area contributed by atoms with Crippen molar-refractivity contribution in [3.8, 4) is 0 Å². The van der Waals surface area contributed by atoms with Gasteiger partial charge >= 0.3 is 6.09 Å². The van der Waals surface area contributed by atoms with Crippen LogP contribution >= 0.6 is 0 Å². The van der Waals surface area contributed by atoms with Crippen molar-refractivity contribution >= 4 is 17.7 Å². The first kappa shape index (κ1) is 16.1. The summed E-state index contributed by atoms with van der Waals surface area (Å²) in [5, 5.41) is 0. The second-order valence-corrected chi connectivity index (χ2v) is 7.86. The number of carbonyl (C=O) groups excluding carboxylic acids is 3. The first-order chi connectivity index (χ1) is 12.4. The maximum absolute atomic E-state index is 12.9. The molecule has 5 aliphatic rings. The van der Waals surface area contributed by atoms with Crippen LogP contribution in [-0.4, -0.2) is 54.7 Å². The SMILES string of the molecule is COC(=O)N1CC[C@]23[C@@H]4C=C[C@@]5(CCC(=O)C[C@@H]25)O[C@]13C(OC)=CC4=O. The summed E-state index contributed by atoms with van der Waals surface area (Å²) < 4.78 is 17.4. The van der Waals surface area contributed by atoms with Crippen LogP contribution < -0.4 is 0 Å². The highest BCUT2D eigenvalue weighted by molar-refractivity contribution is 5.97. The zero-order valence-corrected chi connectivity index (χ0v) is 14.8. The average molecular weight is 359 g/mol. The second-order valence-electron chi connectivity index (χ2n) is 7.86. The van der Waals surface area contributed by atoms with E-state index in [1.54, 1.807) is 4.90 Å². The van der Waals surface area contributed by atoms with Crippen molar-refractivity contribution in [1.82, 2.24) is 4.90 Å². The molecule has 0 aromatic heterocycles. The Morgan fingerprint density at radius 3 is 2.85 bits per heavy atom. The molecule has 2 aliphatic heterocycles. The van der Waals surface area contributed by atoms with Gasteiger partial charge in [0.05, 0.1) is 25.7 Å². The number of hydrogen-bond donors (Lipinski definition) is 0. The lowest BCUT2D eigenvalue weighted by atomic mass is 9.50. The van der Waals surface area contributed by atoms with Crippen LogP contribution in [0.2, 0.25) is 0 Å². The van der Waals surface area contributed by atoms with Crippen LogP contribution in [0.4, 0.5) is 4.79 Å². The summed E-state index contributed by atoms with van der Waals surface area (Å²) in [6.07, 6.45) is 6.77. The molecule has 0 unspecified atom stereocenters. The summed E-state index contributed by atoms with van der Waals surface area (Å²) in [6.45, 7) is 0.395. The third kappa shape index (κ3) is 1.45. The second kappa shape index (κ2) is 4.76. The van der Waals surface area contributed by atoms with Crippen molar-refractivity contribution in [2.24, 2.45) is 17.3 Å². The van der Waals surface area contributed by atoms with E-state index >= 15 is 0 Å². The van der Waals surface area contributed by atoms with E-state index in [0.717, 1.165) is 0 Å². The van der Waals surface area contributed by atoms with Gasteiger partial charge in [0.25, 0.3) is 0 Å². The van der Waals surface area contributed by atoms with Gasteiger partial charge in [-0.05, 0) is 12.8 Å². The molecule has 1 spiro atoms. The quantitative estimate of drug-likeness (QED) is 0.661. The predicted molar refractivity (Wildman–Crippen MR) is 87.8 cm³/mol. The van der Waals surface area contributed by atoms with Crippen LogP contribution in [0.3, 0.4) is 0 Å². The molecule has 26 heavy (non-hydrogen) atoms. The van der Waals surface area contributed by atoms with Crippen molar-refractivity contribution in [2.75, 3.05) is 20.8 Å². The van der Waals surface area contributed by atoms with Crippen molar-refractivity contribution in [3.63, 3.8) is 0 Å². The maximum Gasteiger partial charge on any atom is 0.412 e. The minimum absolute atomic E-state index is 0.0578. The van der Waals surface area contributed by atoms with Crippen LogP contribution in [-0.2, 0) is 23.8 Å². The highest BCUT2D eigenvalue weighted by Crippen LogP contribution is 2.73. The number of methoxy groups -OCH3 is 2. The molecule has 2 heterocycles. The van der Waals surface area contributed by atoms with E-state index < -0.39 is 28.8 Å². The van der Waals surface area contributed by atoms with Gasteiger partial charge < -0.3 is 14.2 Å². The number of ether oxygens (including phenoxy) is 3. The van der Waals surface area contributed by atoms with Gasteiger partial charge in [-0.15, -0.1) is 0 Å². The minimum atomic E-state index is -1.20. The van der Waals surface area contributed by atoms with Gasteiger partial charge in [-0.1, -0.05) is 12.2 Å². The number of carbonyl (C=O) groups is 3. The number of nitrogens with zero attached hydrogens (tertiary/aromatic N) is 1. The van der Waals surface area contributed by atoms with E-state index in [9.17, 15) is 14.4 Å². The Hall–Kier alpha value is -2.15. The van der Waals surface area contributed by atoms with E-state index in [2.05, 4.69) is 0 Å². The van der Waals surface area contributed by atoms with E-state index in [0.29, 0.717) is 38.0 Å². The number of rotatable bonds is 1. The van der Waals surface area contributed by atoms with E-state index in [1.165, 1.54) is 20.3 Å². The van der Waals surface area contributed by atoms with Gasteiger partial charge in [0, 0.05) is 36.8 Å². The van der Waals surface area contributed by atoms with E-state index in [4.69, 9.17) is 14.2 Å². The smallest absolute Gasteiger partial charge is 0.412 e. The Labute approximate surface area is 150 Å². The molecule has 7 nitrogen and oxygen atoms in total. The number of hydrogen-bond acceptors (Lipinski definition) is 6. The zero-order valence-electron chi connectivity index (χ0n) is 14.8. The molecule has 138 valence electrons. The first-order valence-corrected chi connectivity index (χ1v) is 9.02. The summed E-state index contributed by atoms with van der Waals surface area (Å²) in [5.74, 6) is -0.110. The summed E-state index contributed by atoms with van der Waals surface area (Å²) >= 11 is 0. The maximum atomic E-state index is 12.9. The van der Waals surface area contributed by atoms with Gasteiger partial charge in [-0.2, -0.15) is 0 Å². The number of amides is 1. The molecule has 2 bridgehead atoms. The molecular weight excluding hydrogens is 338 g/mol.